The first-order valence-corrected chi connectivity index (χ1v) is 19.7. The zero-order valence-corrected chi connectivity index (χ0v) is 30.1. The van der Waals surface area contributed by atoms with Crippen LogP contribution >= 0.6 is 22.6 Å². The number of amides is 2. The van der Waals surface area contributed by atoms with Crippen LogP contribution in [0.3, 0.4) is 0 Å². The number of carbonyl (C=O) groups is 1. The van der Waals surface area contributed by atoms with E-state index >= 15 is 0 Å². The van der Waals surface area contributed by atoms with E-state index in [0.29, 0.717) is 17.4 Å². The minimum Gasteiger partial charge on any atom is -0.497 e. The molecule has 12 heteroatoms. The number of pyridine rings is 1. The molecule has 3 heterocycles. The molecule has 0 atom stereocenters. The van der Waals surface area contributed by atoms with E-state index in [1.165, 1.54) is 0 Å². The van der Waals surface area contributed by atoms with Crippen molar-refractivity contribution in [3.05, 3.63) is 34.0 Å². The predicted octanol–water partition coefficient (Wildman–Crippen LogP) is 5.53. The molecule has 0 unspecified atom stereocenters. The smallest absolute Gasteiger partial charge is 0.320 e. The van der Waals surface area contributed by atoms with Crippen molar-refractivity contribution in [1.82, 2.24) is 30.1 Å². The van der Waals surface area contributed by atoms with Crippen LogP contribution in [0.1, 0.15) is 27.2 Å². The van der Waals surface area contributed by atoms with Gasteiger partial charge in [-0.25, -0.2) is 14.8 Å². The number of nitrogens with one attached hydrogen (secondary N) is 3. The number of carbonyl (C=O) groups excluding carboxylic acids is 1. The molecule has 44 heavy (non-hydrogen) atoms. The lowest BCUT2D eigenvalue weighted by Gasteiger charge is -2.33. The van der Waals surface area contributed by atoms with Crippen LogP contribution in [0, 0.1) is 15.0 Å². The summed E-state index contributed by atoms with van der Waals surface area (Å²) in [6.07, 6.45) is 2.76. The van der Waals surface area contributed by atoms with Crippen molar-refractivity contribution < 1.29 is 9.53 Å². The van der Waals surface area contributed by atoms with Crippen LogP contribution in [-0.2, 0) is 0 Å². The van der Waals surface area contributed by atoms with Crippen molar-refractivity contribution in [2.24, 2.45) is 0 Å². The summed E-state index contributed by atoms with van der Waals surface area (Å²) in [5.74, 6) is 5.05. The average molecular weight is 729 g/mol. The van der Waals surface area contributed by atoms with Crippen LogP contribution in [-0.4, -0.2) is 97.3 Å². The molecule has 4 rings (SSSR count). The molecule has 3 N–H and O–H groups in total. The highest BCUT2D eigenvalue weighted by atomic mass is 127. The number of nitrogens with zero attached hydrogens (tertiary/aromatic N) is 5. The number of halogens is 1. The van der Waals surface area contributed by atoms with Crippen LogP contribution in [0.15, 0.2) is 30.5 Å². The highest BCUT2D eigenvalue weighted by Gasteiger charge is 2.19. The monoisotopic (exact) mass is 728 g/mol. The van der Waals surface area contributed by atoms with Crippen LogP contribution in [0.25, 0.3) is 22.2 Å². The normalized spacial score (nSPS) is 14.5. The molecule has 0 bridgehead atoms. The molecule has 3 aromatic rings. The number of ether oxygens (including phenoxy) is 1. The Kier molecular flexibility index (Phi) is 11.4. The van der Waals surface area contributed by atoms with Gasteiger partial charge in [0, 0.05) is 59.0 Å². The number of methoxy groups -OCH3 is 1. The topological polar surface area (TPSA) is 108 Å². The van der Waals surface area contributed by atoms with Gasteiger partial charge in [0.2, 0.25) is 5.95 Å². The second-order valence-corrected chi connectivity index (χ2v) is 19.1. The van der Waals surface area contributed by atoms with E-state index in [0.717, 1.165) is 78.1 Å². The summed E-state index contributed by atoms with van der Waals surface area (Å²) in [5, 5.41) is 10.0. The number of benzene rings is 1. The number of urea groups is 1. The number of hydrogen-bond donors (Lipinski definition) is 3. The lowest BCUT2D eigenvalue weighted by Crippen LogP contribution is -2.46. The molecule has 1 aromatic carbocycles. The van der Waals surface area contributed by atoms with E-state index in [2.05, 4.69) is 89.4 Å². The minimum absolute atomic E-state index is 0.337. The van der Waals surface area contributed by atoms with Crippen molar-refractivity contribution in [2.45, 2.75) is 52.4 Å². The second-order valence-electron chi connectivity index (χ2n) is 13.1. The summed E-state index contributed by atoms with van der Waals surface area (Å²) in [7, 11) is 0.335. The molecular weight excluding hydrogens is 683 g/mol. The van der Waals surface area contributed by atoms with Gasteiger partial charge in [-0.05, 0) is 86.2 Å². The first kappa shape index (κ1) is 33.9. The average Bonchev–Trinajstić information content (AvgIpc) is 2.93. The third-order valence-corrected chi connectivity index (χ3v) is 8.42. The van der Waals surface area contributed by atoms with Crippen molar-refractivity contribution >= 4 is 59.5 Å². The maximum Gasteiger partial charge on any atom is 0.320 e. The van der Waals surface area contributed by atoms with Crippen LogP contribution in [0.2, 0.25) is 19.6 Å². The Labute approximate surface area is 276 Å². The van der Waals surface area contributed by atoms with Gasteiger partial charge in [0.05, 0.1) is 13.7 Å². The predicted molar refractivity (Wildman–Crippen MR) is 191 cm³/mol. The van der Waals surface area contributed by atoms with Crippen molar-refractivity contribution in [3.8, 4) is 28.3 Å². The number of hydrogen-bond acceptors (Lipinski definition) is 8. The standard InChI is InChI=1S/C32H45IN8O2Si/c1-32(2,3)39-31(42)38-29-27(23-18-25(33)21-26(19-23)43-4)20-24-22-35-30(37-28(24)36-29)34-10-8-11-40-13-15-41(16-14-40)12-9-17-44(5,6)7/h18-22H,8,10-16H2,1-7H3,(H3,34,35,36,37,38,39,42). The van der Waals surface area contributed by atoms with E-state index in [4.69, 9.17) is 9.72 Å². The maximum atomic E-state index is 12.9. The van der Waals surface area contributed by atoms with Gasteiger partial charge in [-0.3, -0.25) is 10.2 Å². The zero-order valence-electron chi connectivity index (χ0n) is 27.0. The quantitative estimate of drug-likeness (QED) is 0.115. The Bertz CT molecular complexity index is 1520. The zero-order chi connectivity index (χ0) is 31.9. The molecule has 1 aliphatic heterocycles. The van der Waals surface area contributed by atoms with Crippen molar-refractivity contribution in [2.75, 3.05) is 63.6 Å². The molecule has 10 nitrogen and oxygen atoms in total. The largest absolute Gasteiger partial charge is 0.497 e. The van der Waals surface area contributed by atoms with E-state index in [1.807, 2.05) is 45.0 Å². The number of rotatable bonds is 9. The van der Waals surface area contributed by atoms with Gasteiger partial charge in [0.1, 0.15) is 19.6 Å². The molecular formula is C32H45IN8O2Si. The number of aromatic nitrogens is 3. The first-order valence-electron chi connectivity index (χ1n) is 15.1. The second kappa shape index (κ2) is 14.9. The number of anilines is 2. The van der Waals surface area contributed by atoms with Gasteiger partial charge in [-0.1, -0.05) is 25.6 Å². The van der Waals surface area contributed by atoms with Crippen molar-refractivity contribution in [3.63, 3.8) is 0 Å². The fourth-order valence-corrected chi connectivity index (χ4v) is 6.02. The highest BCUT2D eigenvalue weighted by molar-refractivity contribution is 14.1. The number of piperazine rings is 1. The van der Waals surface area contributed by atoms with Crippen molar-refractivity contribution in [1.29, 1.82) is 0 Å². The Hall–Kier alpha value is -2.99. The molecule has 1 saturated heterocycles. The molecule has 2 amide bonds. The summed E-state index contributed by atoms with van der Waals surface area (Å²) in [5.41, 5.74) is 5.20. The third kappa shape index (κ3) is 10.6. The van der Waals surface area contributed by atoms with E-state index in [1.54, 1.807) is 13.3 Å². The van der Waals surface area contributed by atoms with Gasteiger partial charge in [-0.15, -0.1) is 5.54 Å². The van der Waals surface area contributed by atoms with Gasteiger partial charge in [0.15, 0.2) is 5.65 Å². The summed E-state index contributed by atoms with van der Waals surface area (Å²) in [4.78, 5) is 31.8. The van der Waals surface area contributed by atoms with Gasteiger partial charge in [0.25, 0.3) is 0 Å². The fourth-order valence-electron chi connectivity index (χ4n) is 4.77. The van der Waals surface area contributed by atoms with Crippen LogP contribution < -0.4 is 20.7 Å². The molecule has 1 fully saturated rings. The Morgan fingerprint density at radius 1 is 1.07 bits per heavy atom. The molecule has 0 aliphatic carbocycles. The van der Waals surface area contributed by atoms with Gasteiger partial charge >= 0.3 is 6.03 Å². The maximum absolute atomic E-state index is 12.9. The summed E-state index contributed by atoms with van der Waals surface area (Å²) < 4.78 is 6.50. The van der Waals surface area contributed by atoms with E-state index < -0.39 is 13.6 Å². The lowest BCUT2D eigenvalue weighted by atomic mass is 10.0. The lowest BCUT2D eigenvalue weighted by molar-refractivity contribution is 0.144. The third-order valence-electron chi connectivity index (χ3n) is 6.87. The van der Waals surface area contributed by atoms with Crippen LogP contribution in [0.4, 0.5) is 16.6 Å². The highest BCUT2D eigenvalue weighted by Crippen LogP contribution is 2.33. The summed E-state index contributed by atoms with van der Waals surface area (Å²) in [6, 6.07) is 7.52. The van der Waals surface area contributed by atoms with E-state index in [9.17, 15) is 4.79 Å². The molecule has 1 aliphatic rings. The Balaban J connectivity index is 1.41. The van der Waals surface area contributed by atoms with Crippen LogP contribution in [0.5, 0.6) is 5.75 Å². The molecule has 0 radical (unpaired) electrons. The van der Waals surface area contributed by atoms with E-state index in [-0.39, 0.29) is 6.03 Å². The molecule has 2 aromatic heterocycles. The molecule has 236 valence electrons. The summed E-state index contributed by atoms with van der Waals surface area (Å²) >= 11 is 2.25. The number of fused-ring (bicyclic) bond motifs is 1. The Morgan fingerprint density at radius 3 is 2.48 bits per heavy atom. The SMILES string of the molecule is COc1cc(I)cc(-c2cc3cnc(NCCCN4CCN(CC#C[Si](C)(C)C)CC4)nc3nc2NC(=O)NC(C)(C)C)c1. The van der Waals surface area contributed by atoms with Gasteiger partial charge < -0.3 is 20.3 Å². The minimum atomic E-state index is -1.30. The molecule has 0 saturated carbocycles. The fraction of sp³-hybridized carbons (Fsp3) is 0.500. The Morgan fingerprint density at radius 2 is 1.80 bits per heavy atom. The first-order chi connectivity index (χ1) is 20.8. The molecule has 0 spiro atoms. The van der Waals surface area contributed by atoms with Gasteiger partial charge in [-0.2, -0.15) is 4.98 Å². The summed E-state index contributed by atoms with van der Waals surface area (Å²) in [6.45, 7) is 19.6.